The number of hydrogen-bond acceptors (Lipinski definition) is 2. The van der Waals surface area contributed by atoms with Gasteiger partial charge in [0.25, 0.3) is 0 Å². The SMILES string of the molecule is CCNC1c2ccccc2CCCC1N1CCC(CC)C1. The van der Waals surface area contributed by atoms with E-state index in [2.05, 4.69) is 48.3 Å². The lowest BCUT2D eigenvalue weighted by Gasteiger charge is -2.35. The van der Waals surface area contributed by atoms with Crippen molar-refractivity contribution in [2.75, 3.05) is 19.6 Å². The molecule has 0 saturated carbocycles. The van der Waals surface area contributed by atoms with Crippen molar-refractivity contribution < 1.29 is 0 Å². The Bertz CT molecular complexity index is 457. The highest BCUT2D eigenvalue weighted by molar-refractivity contribution is 5.32. The van der Waals surface area contributed by atoms with Crippen LogP contribution in [0.25, 0.3) is 0 Å². The van der Waals surface area contributed by atoms with Crippen LogP contribution in [0.4, 0.5) is 0 Å². The normalized spacial score (nSPS) is 30.1. The second-order valence-electron chi connectivity index (χ2n) is 6.75. The average Bonchev–Trinajstić information content (AvgIpc) is 2.92. The van der Waals surface area contributed by atoms with E-state index in [0.717, 1.165) is 12.5 Å². The molecular formula is C19H30N2. The van der Waals surface area contributed by atoms with Gasteiger partial charge in [0.2, 0.25) is 0 Å². The van der Waals surface area contributed by atoms with Crippen LogP contribution in [0.2, 0.25) is 0 Å². The first-order valence-electron chi connectivity index (χ1n) is 8.88. The molecule has 3 rings (SSSR count). The van der Waals surface area contributed by atoms with Crippen LogP contribution in [0.5, 0.6) is 0 Å². The Morgan fingerprint density at radius 1 is 1.19 bits per heavy atom. The summed E-state index contributed by atoms with van der Waals surface area (Å²) in [5, 5.41) is 3.80. The fourth-order valence-corrected chi connectivity index (χ4v) is 4.30. The molecule has 1 aliphatic carbocycles. The fraction of sp³-hybridized carbons (Fsp3) is 0.684. The quantitative estimate of drug-likeness (QED) is 0.848. The van der Waals surface area contributed by atoms with Crippen molar-refractivity contribution in [1.82, 2.24) is 10.2 Å². The first kappa shape index (κ1) is 15.1. The van der Waals surface area contributed by atoms with E-state index < -0.39 is 0 Å². The number of likely N-dealkylation sites (N-methyl/N-ethyl adjacent to an activating group) is 1. The summed E-state index contributed by atoms with van der Waals surface area (Å²) in [6.07, 6.45) is 6.65. The number of rotatable bonds is 4. The Kier molecular flexibility index (Phi) is 4.97. The molecular weight excluding hydrogens is 256 g/mol. The lowest BCUT2D eigenvalue weighted by atomic mass is 9.95. The van der Waals surface area contributed by atoms with Gasteiger partial charge in [-0.25, -0.2) is 0 Å². The number of benzene rings is 1. The molecule has 0 spiro atoms. The summed E-state index contributed by atoms with van der Waals surface area (Å²) in [4.78, 5) is 2.78. The summed E-state index contributed by atoms with van der Waals surface area (Å²) >= 11 is 0. The molecule has 1 aliphatic heterocycles. The van der Waals surface area contributed by atoms with E-state index in [0.29, 0.717) is 12.1 Å². The third-order valence-electron chi connectivity index (χ3n) is 5.51. The zero-order valence-corrected chi connectivity index (χ0v) is 13.6. The van der Waals surface area contributed by atoms with E-state index >= 15 is 0 Å². The van der Waals surface area contributed by atoms with Gasteiger partial charge in [-0.1, -0.05) is 44.5 Å². The van der Waals surface area contributed by atoms with E-state index in [1.165, 1.54) is 45.2 Å². The summed E-state index contributed by atoms with van der Waals surface area (Å²) in [5.41, 5.74) is 3.12. The van der Waals surface area contributed by atoms with E-state index in [9.17, 15) is 0 Å². The Morgan fingerprint density at radius 2 is 2.05 bits per heavy atom. The molecule has 2 heteroatoms. The number of likely N-dealkylation sites (tertiary alicyclic amines) is 1. The van der Waals surface area contributed by atoms with Gasteiger partial charge in [0.05, 0.1) is 0 Å². The molecule has 0 aromatic heterocycles. The summed E-state index contributed by atoms with van der Waals surface area (Å²) in [6, 6.07) is 10.3. The molecule has 2 nitrogen and oxygen atoms in total. The predicted octanol–water partition coefficient (Wildman–Crippen LogP) is 3.77. The molecule has 0 bridgehead atoms. The van der Waals surface area contributed by atoms with Crippen LogP contribution in [-0.4, -0.2) is 30.6 Å². The maximum absolute atomic E-state index is 3.80. The van der Waals surface area contributed by atoms with Crippen molar-refractivity contribution in [1.29, 1.82) is 0 Å². The van der Waals surface area contributed by atoms with Crippen LogP contribution in [0.3, 0.4) is 0 Å². The highest BCUT2D eigenvalue weighted by Crippen LogP contribution is 2.34. The van der Waals surface area contributed by atoms with Gasteiger partial charge in [0.1, 0.15) is 0 Å². The highest BCUT2D eigenvalue weighted by Gasteiger charge is 2.34. The molecule has 1 N–H and O–H groups in total. The Morgan fingerprint density at radius 3 is 2.81 bits per heavy atom. The minimum absolute atomic E-state index is 0.518. The standard InChI is InChI=1S/C19H30N2/c1-3-15-12-13-21(14-15)18-11-7-9-16-8-5-6-10-17(16)19(18)20-4-2/h5-6,8,10,15,18-20H,3-4,7,9,11-14H2,1-2H3. The first-order valence-corrected chi connectivity index (χ1v) is 8.88. The van der Waals surface area contributed by atoms with Gasteiger partial charge >= 0.3 is 0 Å². The number of nitrogens with zero attached hydrogens (tertiary/aromatic N) is 1. The zero-order chi connectivity index (χ0) is 14.7. The summed E-state index contributed by atoms with van der Waals surface area (Å²) in [5.74, 6) is 0.922. The van der Waals surface area contributed by atoms with E-state index in [4.69, 9.17) is 0 Å². The molecule has 116 valence electrons. The van der Waals surface area contributed by atoms with Gasteiger partial charge in [-0.3, -0.25) is 4.90 Å². The van der Waals surface area contributed by atoms with Crippen molar-refractivity contribution in [3.63, 3.8) is 0 Å². The van der Waals surface area contributed by atoms with Crippen LogP contribution in [0, 0.1) is 5.92 Å². The molecule has 0 amide bonds. The Labute approximate surface area is 129 Å². The molecule has 1 saturated heterocycles. The van der Waals surface area contributed by atoms with Gasteiger partial charge in [-0.15, -0.1) is 0 Å². The lowest BCUT2D eigenvalue weighted by molar-refractivity contribution is 0.176. The maximum Gasteiger partial charge on any atom is 0.0480 e. The smallest absolute Gasteiger partial charge is 0.0480 e. The summed E-state index contributed by atoms with van der Waals surface area (Å²) < 4.78 is 0. The molecule has 1 heterocycles. The Hall–Kier alpha value is -0.860. The minimum Gasteiger partial charge on any atom is -0.309 e. The van der Waals surface area contributed by atoms with Crippen LogP contribution >= 0.6 is 0 Å². The van der Waals surface area contributed by atoms with Gasteiger partial charge < -0.3 is 5.32 Å². The topological polar surface area (TPSA) is 15.3 Å². The minimum atomic E-state index is 0.518. The zero-order valence-electron chi connectivity index (χ0n) is 13.6. The molecule has 21 heavy (non-hydrogen) atoms. The largest absolute Gasteiger partial charge is 0.309 e. The Balaban J connectivity index is 1.85. The van der Waals surface area contributed by atoms with Crippen LogP contribution in [-0.2, 0) is 6.42 Å². The summed E-state index contributed by atoms with van der Waals surface area (Å²) in [7, 11) is 0. The number of fused-ring (bicyclic) bond motifs is 1. The van der Waals surface area contributed by atoms with Crippen LogP contribution in [0.1, 0.15) is 56.7 Å². The van der Waals surface area contributed by atoms with Crippen molar-refractivity contribution >= 4 is 0 Å². The highest BCUT2D eigenvalue weighted by atomic mass is 15.2. The van der Waals surface area contributed by atoms with Crippen LogP contribution < -0.4 is 5.32 Å². The van der Waals surface area contributed by atoms with Gasteiger partial charge in [-0.05, 0) is 55.8 Å². The number of aryl methyl sites for hydroxylation is 1. The van der Waals surface area contributed by atoms with Gasteiger partial charge in [-0.2, -0.15) is 0 Å². The average molecular weight is 286 g/mol. The van der Waals surface area contributed by atoms with Crippen LogP contribution in [0.15, 0.2) is 24.3 Å². The lowest BCUT2D eigenvalue weighted by Crippen LogP contribution is -2.43. The van der Waals surface area contributed by atoms with E-state index in [1.54, 1.807) is 11.1 Å². The first-order chi connectivity index (χ1) is 10.3. The second-order valence-corrected chi connectivity index (χ2v) is 6.75. The molecule has 2 aliphatic rings. The van der Waals surface area contributed by atoms with E-state index in [1.807, 2.05) is 0 Å². The monoisotopic (exact) mass is 286 g/mol. The fourth-order valence-electron chi connectivity index (χ4n) is 4.30. The number of hydrogen-bond donors (Lipinski definition) is 1. The molecule has 1 aromatic rings. The molecule has 3 unspecified atom stereocenters. The molecule has 1 aromatic carbocycles. The summed E-state index contributed by atoms with van der Waals surface area (Å²) in [6.45, 7) is 8.25. The van der Waals surface area contributed by atoms with Crippen molar-refractivity contribution in [3.05, 3.63) is 35.4 Å². The van der Waals surface area contributed by atoms with Crippen molar-refractivity contribution in [2.45, 2.75) is 58.0 Å². The third-order valence-corrected chi connectivity index (χ3v) is 5.51. The molecule has 3 atom stereocenters. The maximum atomic E-state index is 3.80. The molecule has 0 radical (unpaired) electrons. The third kappa shape index (κ3) is 3.17. The van der Waals surface area contributed by atoms with Crippen molar-refractivity contribution in [3.8, 4) is 0 Å². The second kappa shape index (κ2) is 6.93. The molecule has 1 fully saturated rings. The van der Waals surface area contributed by atoms with Gasteiger partial charge in [0, 0.05) is 18.6 Å². The number of nitrogens with one attached hydrogen (secondary N) is 1. The van der Waals surface area contributed by atoms with Gasteiger partial charge in [0.15, 0.2) is 0 Å². The predicted molar refractivity (Wildman–Crippen MR) is 89.6 cm³/mol. The van der Waals surface area contributed by atoms with Crippen molar-refractivity contribution in [2.24, 2.45) is 5.92 Å². The van der Waals surface area contributed by atoms with E-state index in [-0.39, 0.29) is 0 Å².